The Labute approximate surface area is 82.2 Å². The van der Waals surface area contributed by atoms with Crippen molar-refractivity contribution in [3.05, 3.63) is 23.8 Å². The number of benzene rings is 1. The summed E-state index contributed by atoms with van der Waals surface area (Å²) in [4.78, 5) is 0. The molecule has 1 heterocycles. The van der Waals surface area contributed by atoms with Crippen LogP contribution < -0.4 is 15.2 Å². The lowest BCUT2D eigenvalue weighted by molar-refractivity contribution is 0.0912. The minimum Gasteiger partial charge on any atom is -0.497 e. The molecule has 0 unspecified atom stereocenters. The van der Waals surface area contributed by atoms with Gasteiger partial charge >= 0.3 is 0 Å². The van der Waals surface area contributed by atoms with E-state index >= 15 is 0 Å². The van der Waals surface area contributed by atoms with Crippen molar-refractivity contribution in [3.63, 3.8) is 0 Å². The molecule has 2 rings (SSSR count). The van der Waals surface area contributed by atoms with Gasteiger partial charge in [-0.05, 0) is 18.2 Å². The number of hydrogen-bond donors (Lipinski definition) is 2. The maximum atomic E-state index is 9.79. The summed E-state index contributed by atoms with van der Waals surface area (Å²) in [7, 11) is 1.58. The van der Waals surface area contributed by atoms with E-state index in [9.17, 15) is 5.11 Å². The Balaban J connectivity index is 2.41. The van der Waals surface area contributed by atoms with E-state index in [0.717, 1.165) is 0 Å². The van der Waals surface area contributed by atoms with Gasteiger partial charge in [-0.25, -0.2) is 0 Å². The number of methoxy groups -OCH3 is 1. The second-order valence-corrected chi connectivity index (χ2v) is 3.32. The molecule has 4 nitrogen and oxygen atoms in total. The Kier molecular flexibility index (Phi) is 2.31. The van der Waals surface area contributed by atoms with E-state index in [-0.39, 0.29) is 6.04 Å². The van der Waals surface area contributed by atoms with Gasteiger partial charge in [0.05, 0.1) is 13.2 Å². The van der Waals surface area contributed by atoms with Gasteiger partial charge in [0.2, 0.25) is 0 Å². The number of rotatable bonds is 1. The maximum absolute atomic E-state index is 9.79. The average Bonchev–Trinajstić information content (AvgIpc) is 2.23. The second kappa shape index (κ2) is 3.48. The minimum absolute atomic E-state index is 0.348. The number of fused-ring (bicyclic) bond motifs is 1. The predicted molar refractivity (Wildman–Crippen MR) is 51.4 cm³/mol. The minimum atomic E-state index is -0.672. The van der Waals surface area contributed by atoms with Crippen LogP contribution in [0.3, 0.4) is 0 Å². The van der Waals surface area contributed by atoms with E-state index in [1.807, 2.05) is 0 Å². The molecule has 4 heteroatoms. The quantitative estimate of drug-likeness (QED) is 0.682. The monoisotopic (exact) mass is 195 g/mol. The highest BCUT2D eigenvalue weighted by Gasteiger charge is 2.26. The SMILES string of the molecule is COc1ccc2c(c1)[C@H](O)[C@H](N)CO2. The fraction of sp³-hybridized carbons (Fsp3) is 0.400. The molecule has 76 valence electrons. The van der Waals surface area contributed by atoms with E-state index in [4.69, 9.17) is 15.2 Å². The fourth-order valence-corrected chi connectivity index (χ4v) is 1.52. The van der Waals surface area contributed by atoms with E-state index in [1.165, 1.54) is 0 Å². The summed E-state index contributed by atoms with van der Waals surface area (Å²) in [5.41, 5.74) is 6.37. The number of hydrogen-bond acceptors (Lipinski definition) is 4. The molecular weight excluding hydrogens is 182 g/mol. The van der Waals surface area contributed by atoms with Gasteiger partial charge < -0.3 is 20.3 Å². The van der Waals surface area contributed by atoms with Crippen molar-refractivity contribution in [2.45, 2.75) is 12.1 Å². The lowest BCUT2D eigenvalue weighted by Crippen LogP contribution is -2.38. The largest absolute Gasteiger partial charge is 0.497 e. The van der Waals surface area contributed by atoms with Gasteiger partial charge in [-0.15, -0.1) is 0 Å². The first-order valence-corrected chi connectivity index (χ1v) is 4.46. The van der Waals surface area contributed by atoms with Gasteiger partial charge in [-0.1, -0.05) is 0 Å². The Bertz CT molecular complexity index is 340. The van der Waals surface area contributed by atoms with Gasteiger partial charge in [0.25, 0.3) is 0 Å². The highest BCUT2D eigenvalue weighted by Crippen LogP contribution is 2.33. The number of nitrogens with two attached hydrogens (primary N) is 1. The molecule has 1 aliphatic heterocycles. The van der Waals surface area contributed by atoms with Crippen molar-refractivity contribution in [3.8, 4) is 11.5 Å². The van der Waals surface area contributed by atoms with Crippen molar-refractivity contribution < 1.29 is 14.6 Å². The maximum Gasteiger partial charge on any atom is 0.125 e. The summed E-state index contributed by atoms with van der Waals surface area (Å²) in [5.74, 6) is 1.38. The van der Waals surface area contributed by atoms with Gasteiger partial charge in [0.15, 0.2) is 0 Å². The molecule has 0 saturated carbocycles. The van der Waals surface area contributed by atoms with Crippen molar-refractivity contribution in [2.75, 3.05) is 13.7 Å². The fourth-order valence-electron chi connectivity index (χ4n) is 1.52. The van der Waals surface area contributed by atoms with Crippen LogP contribution in [0.2, 0.25) is 0 Å². The molecule has 1 aromatic rings. The molecular formula is C10H13NO3. The number of aliphatic hydroxyl groups is 1. The van der Waals surface area contributed by atoms with Crippen LogP contribution in [0.4, 0.5) is 0 Å². The highest BCUT2D eigenvalue weighted by atomic mass is 16.5. The van der Waals surface area contributed by atoms with Crippen LogP contribution in [0.15, 0.2) is 18.2 Å². The molecule has 0 saturated heterocycles. The summed E-state index contributed by atoms with van der Waals surface area (Å²) >= 11 is 0. The first-order chi connectivity index (χ1) is 6.72. The molecule has 1 aromatic carbocycles. The third kappa shape index (κ3) is 1.42. The van der Waals surface area contributed by atoms with Crippen LogP contribution in [-0.2, 0) is 0 Å². The summed E-state index contributed by atoms with van der Waals surface area (Å²) in [6.45, 7) is 0.348. The van der Waals surface area contributed by atoms with Crippen molar-refractivity contribution in [1.82, 2.24) is 0 Å². The zero-order valence-corrected chi connectivity index (χ0v) is 7.93. The molecule has 0 fully saturated rings. The molecule has 0 spiro atoms. The summed E-state index contributed by atoms with van der Waals surface area (Å²) in [6, 6.07) is 4.96. The standard InChI is InChI=1S/C10H13NO3/c1-13-6-2-3-9-7(4-6)10(12)8(11)5-14-9/h2-4,8,10,12H,5,11H2,1H3/t8-,10+/m1/s1. The van der Waals surface area contributed by atoms with Gasteiger partial charge in [0.1, 0.15) is 24.2 Å². The smallest absolute Gasteiger partial charge is 0.125 e. The third-order valence-electron chi connectivity index (χ3n) is 2.37. The van der Waals surface area contributed by atoms with Crippen molar-refractivity contribution in [2.24, 2.45) is 5.73 Å². The van der Waals surface area contributed by atoms with E-state index < -0.39 is 6.10 Å². The van der Waals surface area contributed by atoms with Crippen molar-refractivity contribution >= 4 is 0 Å². The van der Waals surface area contributed by atoms with Crippen LogP contribution in [0.25, 0.3) is 0 Å². The Hall–Kier alpha value is -1.26. The zero-order chi connectivity index (χ0) is 10.1. The Morgan fingerprint density at radius 3 is 3.07 bits per heavy atom. The van der Waals surface area contributed by atoms with Crippen LogP contribution in [0.1, 0.15) is 11.7 Å². The molecule has 2 atom stereocenters. The van der Waals surface area contributed by atoms with Gasteiger partial charge in [0, 0.05) is 5.56 Å². The van der Waals surface area contributed by atoms with Crippen LogP contribution >= 0.6 is 0 Å². The van der Waals surface area contributed by atoms with Crippen molar-refractivity contribution in [1.29, 1.82) is 0 Å². The molecule has 0 amide bonds. The van der Waals surface area contributed by atoms with Gasteiger partial charge in [-0.2, -0.15) is 0 Å². The second-order valence-electron chi connectivity index (χ2n) is 3.32. The summed E-state index contributed by atoms with van der Waals surface area (Å²) in [5, 5.41) is 9.79. The van der Waals surface area contributed by atoms with E-state index in [0.29, 0.717) is 23.7 Å². The lowest BCUT2D eigenvalue weighted by Gasteiger charge is -2.27. The van der Waals surface area contributed by atoms with Crippen LogP contribution in [-0.4, -0.2) is 24.9 Å². The Morgan fingerprint density at radius 1 is 1.57 bits per heavy atom. The molecule has 0 radical (unpaired) electrons. The molecule has 0 bridgehead atoms. The summed E-state index contributed by atoms with van der Waals surface area (Å²) < 4.78 is 10.4. The lowest BCUT2D eigenvalue weighted by atomic mass is 10.00. The normalized spacial score (nSPS) is 25.1. The molecule has 3 N–H and O–H groups in total. The highest BCUT2D eigenvalue weighted by molar-refractivity contribution is 5.43. The molecule has 1 aliphatic rings. The molecule has 0 aliphatic carbocycles. The third-order valence-corrected chi connectivity index (χ3v) is 2.37. The van der Waals surface area contributed by atoms with E-state index in [2.05, 4.69) is 0 Å². The Morgan fingerprint density at radius 2 is 2.36 bits per heavy atom. The average molecular weight is 195 g/mol. The molecule has 0 aromatic heterocycles. The van der Waals surface area contributed by atoms with Crippen LogP contribution in [0, 0.1) is 0 Å². The van der Waals surface area contributed by atoms with Crippen LogP contribution in [0.5, 0.6) is 11.5 Å². The number of ether oxygens (including phenoxy) is 2. The molecule has 14 heavy (non-hydrogen) atoms. The first-order valence-electron chi connectivity index (χ1n) is 4.46. The van der Waals surface area contributed by atoms with Gasteiger partial charge in [-0.3, -0.25) is 0 Å². The topological polar surface area (TPSA) is 64.7 Å². The van der Waals surface area contributed by atoms with E-state index in [1.54, 1.807) is 25.3 Å². The number of aliphatic hydroxyl groups excluding tert-OH is 1. The summed E-state index contributed by atoms with van der Waals surface area (Å²) in [6.07, 6.45) is -0.672. The predicted octanol–water partition coefficient (Wildman–Crippen LogP) is 0.448. The zero-order valence-electron chi connectivity index (χ0n) is 7.93. The first kappa shape index (κ1) is 9.30.